The Kier molecular flexibility index (Phi) is 19.8. The van der Waals surface area contributed by atoms with Crippen LogP contribution < -0.4 is 0 Å². The summed E-state index contributed by atoms with van der Waals surface area (Å²) in [6, 6.07) is 0. The van der Waals surface area contributed by atoms with Crippen molar-refractivity contribution >= 4 is 16.4 Å². The van der Waals surface area contributed by atoms with Crippen molar-refractivity contribution < 1.29 is 56.2 Å². The van der Waals surface area contributed by atoms with Crippen LogP contribution in [0.25, 0.3) is 0 Å². The molecule has 12 nitrogen and oxygen atoms in total. The highest BCUT2D eigenvalue weighted by Gasteiger charge is 2.47. The van der Waals surface area contributed by atoms with Gasteiger partial charge in [-0.05, 0) is 32.1 Å². The molecule has 6 atom stereocenters. The van der Waals surface area contributed by atoms with Gasteiger partial charge in [0.2, 0.25) is 0 Å². The van der Waals surface area contributed by atoms with Gasteiger partial charge < -0.3 is 34.3 Å². The van der Waals surface area contributed by atoms with Gasteiger partial charge in [-0.2, -0.15) is 8.42 Å². The fourth-order valence-electron chi connectivity index (χ4n) is 4.31. The molecule has 0 aromatic carbocycles. The smallest absolute Gasteiger partial charge is 0.397 e. The van der Waals surface area contributed by atoms with E-state index in [4.69, 9.17) is 23.5 Å². The monoisotopic (exact) mass is 598 g/mol. The summed E-state index contributed by atoms with van der Waals surface area (Å²) in [5.74, 6) is -0.579. The Morgan fingerprint density at radius 3 is 2.10 bits per heavy atom. The largest absolute Gasteiger partial charge is 0.458 e. The van der Waals surface area contributed by atoms with Gasteiger partial charge in [-0.3, -0.25) is 9.35 Å². The minimum absolute atomic E-state index is 0.0180. The first-order chi connectivity index (χ1) is 19.1. The maximum atomic E-state index is 11.5. The number of aliphatic hydroxyl groups excluding tert-OH is 3. The number of ether oxygens (including phenoxy) is 4. The number of carbonyl (C=O) groups is 1. The zero-order chi connectivity index (χ0) is 29.8. The number of carbonyl (C=O) groups excluding carboxylic acids is 1. The average Bonchev–Trinajstić information content (AvgIpc) is 2.89. The molecule has 13 heteroatoms. The molecular weight excluding hydrogens is 548 g/mol. The van der Waals surface area contributed by atoms with Crippen LogP contribution in [0.4, 0.5) is 0 Å². The summed E-state index contributed by atoms with van der Waals surface area (Å²) in [6.45, 7) is 2.89. The zero-order valence-electron chi connectivity index (χ0n) is 23.9. The van der Waals surface area contributed by atoms with Crippen LogP contribution in [-0.2, 0) is 38.3 Å². The van der Waals surface area contributed by atoms with Crippen molar-refractivity contribution in [3.63, 3.8) is 0 Å². The molecule has 0 bridgehead atoms. The van der Waals surface area contributed by atoms with Crippen LogP contribution in [0.15, 0.2) is 12.2 Å². The minimum Gasteiger partial charge on any atom is -0.458 e. The molecular formula is C27H50O12S. The molecule has 0 aromatic heterocycles. The van der Waals surface area contributed by atoms with E-state index >= 15 is 0 Å². The van der Waals surface area contributed by atoms with Crippen LogP contribution in [0, 0.1) is 0 Å². The van der Waals surface area contributed by atoms with E-state index in [0.717, 1.165) is 25.7 Å². The van der Waals surface area contributed by atoms with Gasteiger partial charge in [0, 0.05) is 13.5 Å². The van der Waals surface area contributed by atoms with Crippen molar-refractivity contribution in [1.82, 2.24) is 0 Å². The lowest BCUT2D eigenvalue weighted by atomic mass is 9.99. The van der Waals surface area contributed by atoms with Gasteiger partial charge in [0.05, 0.1) is 19.8 Å². The summed E-state index contributed by atoms with van der Waals surface area (Å²) in [5, 5.41) is 29.9. The molecule has 1 saturated heterocycles. The van der Waals surface area contributed by atoms with Crippen molar-refractivity contribution in [3.05, 3.63) is 12.2 Å². The highest BCUT2D eigenvalue weighted by molar-refractivity contribution is 7.80. The first-order valence-corrected chi connectivity index (χ1v) is 15.7. The number of esters is 1. The van der Waals surface area contributed by atoms with E-state index in [1.165, 1.54) is 58.3 Å². The molecule has 0 saturated carbocycles. The molecule has 0 aliphatic carbocycles. The SMILES string of the molecule is CCCCCC/C=C\CCCCCCCCOCC(COC1OC(CO)C(O)C(OS(=O)(=O)O)C1O)OC(C)=O. The summed E-state index contributed by atoms with van der Waals surface area (Å²) in [6.07, 6.45) is 9.42. The molecule has 0 radical (unpaired) electrons. The molecule has 1 fully saturated rings. The molecule has 236 valence electrons. The second kappa shape index (κ2) is 21.5. The molecule has 0 spiro atoms. The fourth-order valence-corrected chi connectivity index (χ4v) is 4.82. The van der Waals surface area contributed by atoms with E-state index in [2.05, 4.69) is 23.3 Å². The average molecular weight is 599 g/mol. The molecule has 1 rings (SSSR count). The third-order valence-electron chi connectivity index (χ3n) is 6.44. The van der Waals surface area contributed by atoms with Gasteiger partial charge in [0.15, 0.2) is 6.29 Å². The summed E-state index contributed by atoms with van der Waals surface area (Å²) >= 11 is 0. The quantitative estimate of drug-likeness (QED) is 0.0586. The predicted molar refractivity (Wildman–Crippen MR) is 147 cm³/mol. The normalized spacial score (nSPS) is 24.4. The van der Waals surface area contributed by atoms with E-state index < -0.39 is 59.8 Å². The Morgan fingerprint density at radius 1 is 0.925 bits per heavy atom. The molecule has 40 heavy (non-hydrogen) atoms. The predicted octanol–water partition coefficient (Wildman–Crippen LogP) is 2.84. The first-order valence-electron chi connectivity index (χ1n) is 14.4. The summed E-state index contributed by atoms with van der Waals surface area (Å²) in [5.41, 5.74) is 0. The van der Waals surface area contributed by atoms with E-state index in [1.54, 1.807) is 0 Å². The molecule has 1 heterocycles. The van der Waals surface area contributed by atoms with Crippen molar-refractivity contribution in [2.24, 2.45) is 0 Å². The van der Waals surface area contributed by atoms with Gasteiger partial charge in [-0.1, -0.05) is 64.0 Å². The van der Waals surface area contributed by atoms with Gasteiger partial charge in [-0.25, -0.2) is 4.18 Å². The first kappa shape index (κ1) is 36.9. The van der Waals surface area contributed by atoms with E-state index in [9.17, 15) is 28.5 Å². The molecule has 0 amide bonds. The van der Waals surface area contributed by atoms with Crippen LogP contribution in [0.5, 0.6) is 0 Å². The number of aliphatic hydroxyl groups is 3. The van der Waals surface area contributed by atoms with Crippen molar-refractivity contribution in [2.45, 2.75) is 128 Å². The molecule has 6 unspecified atom stereocenters. The van der Waals surface area contributed by atoms with Crippen LogP contribution in [0.1, 0.15) is 90.9 Å². The van der Waals surface area contributed by atoms with E-state index in [1.807, 2.05) is 0 Å². The third kappa shape index (κ3) is 16.9. The lowest BCUT2D eigenvalue weighted by Crippen LogP contribution is -2.60. The number of hydrogen-bond donors (Lipinski definition) is 4. The lowest BCUT2D eigenvalue weighted by molar-refractivity contribution is -0.301. The Morgan fingerprint density at radius 2 is 1.52 bits per heavy atom. The molecule has 4 N–H and O–H groups in total. The van der Waals surface area contributed by atoms with Crippen LogP contribution in [0.2, 0.25) is 0 Å². The number of allylic oxidation sites excluding steroid dienone is 2. The number of unbranched alkanes of at least 4 members (excludes halogenated alkanes) is 10. The topological polar surface area (TPSA) is 178 Å². The Balaban J connectivity index is 2.29. The zero-order valence-corrected chi connectivity index (χ0v) is 24.7. The minimum atomic E-state index is -5.03. The van der Waals surface area contributed by atoms with Crippen LogP contribution in [0.3, 0.4) is 0 Å². The van der Waals surface area contributed by atoms with Crippen molar-refractivity contribution in [2.75, 3.05) is 26.4 Å². The summed E-state index contributed by atoms with van der Waals surface area (Å²) in [4.78, 5) is 11.5. The second-order valence-corrected chi connectivity index (χ2v) is 11.1. The highest BCUT2D eigenvalue weighted by atomic mass is 32.3. The molecule has 1 aliphatic rings. The summed E-state index contributed by atoms with van der Waals surface area (Å²) in [7, 11) is -5.03. The Labute approximate surface area is 238 Å². The fraction of sp³-hybridized carbons (Fsp3) is 0.889. The summed E-state index contributed by atoms with van der Waals surface area (Å²) < 4.78 is 57.0. The number of hydrogen-bond acceptors (Lipinski definition) is 11. The van der Waals surface area contributed by atoms with Crippen molar-refractivity contribution in [1.29, 1.82) is 0 Å². The molecule has 1 aliphatic heterocycles. The van der Waals surface area contributed by atoms with Crippen LogP contribution in [-0.4, -0.2) is 97.5 Å². The van der Waals surface area contributed by atoms with Gasteiger partial charge in [0.25, 0.3) is 0 Å². The Bertz CT molecular complexity index is 790. The van der Waals surface area contributed by atoms with Gasteiger partial charge in [0.1, 0.15) is 30.5 Å². The second-order valence-electron chi connectivity index (χ2n) is 10.1. The Hall–Kier alpha value is -1.16. The molecule has 0 aromatic rings. The van der Waals surface area contributed by atoms with Gasteiger partial charge >= 0.3 is 16.4 Å². The van der Waals surface area contributed by atoms with E-state index in [-0.39, 0.29) is 13.2 Å². The number of rotatable bonds is 23. The van der Waals surface area contributed by atoms with Gasteiger partial charge in [-0.15, -0.1) is 0 Å². The standard InChI is InChI=1S/C27H50O12S/c1-3-4-5-6-7-8-9-10-11-12-13-14-15-16-17-35-19-22(37-21(2)29)20-36-27-25(31)26(39-40(32,33)34)24(30)23(18-28)38-27/h8-9,22-28,30-31H,3-7,10-20H2,1-2H3,(H,32,33,34)/b9-8-. The third-order valence-corrected chi connectivity index (χ3v) is 6.90. The van der Waals surface area contributed by atoms with Crippen molar-refractivity contribution in [3.8, 4) is 0 Å². The maximum absolute atomic E-state index is 11.5. The van der Waals surface area contributed by atoms with E-state index in [0.29, 0.717) is 6.61 Å². The van der Waals surface area contributed by atoms with Crippen LogP contribution >= 0.6 is 0 Å². The maximum Gasteiger partial charge on any atom is 0.397 e. The lowest BCUT2D eigenvalue weighted by Gasteiger charge is -2.41. The highest BCUT2D eigenvalue weighted by Crippen LogP contribution is 2.25.